The Morgan fingerprint density at radius 3 is 2.58 bits per heavy atom. The second-order valence-corrected chi connectivity index (χ2v) is 10.1. The number of anilines is 2. The fourth-order valence-corrected chi connectivity index (χ4v) is 5.06. The van der Waals surface area contributed by atoms with Crippen LogP contribution in [0.5, 0.6) is 0 Å². The Labute approximate surface area is 195 Å². The summed E-state index contributed by atoms with van der Waals surface area (Å²) in [6, 6.07) is 8.35. The van der Waals surface area contributed by atoms with Gasteiger partial charge in [0, 0.05) is 18.7 Å². The van der Waals surface area contributed by atoms with Crippen LogP contribution in [0.4, 0.5) is 11.4 Å². The van der Waals surface area contributed by atoms with Gasteiger partial charge in [-0.3, -0.25) is 9.59 Å². The van der Waals surface area contributed by atoms with Crippen LogP contribution in [0.15, 0.2) is 28.8 Å². The van der Waals surface area contributed by atoms with E-state index in [0.717, 1.165) is 36.3 Å². The van der Waals surface area contributed by atoms with Crippen molar-refractivity contribution in [1.82, 2.24) is 5.16 Å². The first-order valence-electron chi connectivity index (χ1n) is 12.2. The van der Waals surface area contributed by atoms with Crippen LogP contribution in [0.2, 0.25) is 0 Å². The van der Waals surface area contributed by atoms with Gasteiger partial charge in [-0.15, -0.1) is 0 Å². The summed E-state index contributed by atoms with van der Waals surface area (Å²) < 4.78 is 5.10. The molecule has 0 saturated heterocycles. The van der Waals surface area contributed by atoms with E-state index >= 15 is 0 Å². The maximum atomic E-state index is 12.9. The Kier molecular flexibility index (Phi) is 7.05. The lowest BCUT2D eigenvalue weighted by Gasteiger charge is -2.38. The fraction of sp³-hybridized carbons (Fsp3) is 0.577. The standard InChI is InChI=1S/C26H35N3O4/c1-16(2)15-29(20-7-5-4-6-8-20)24-10-9-18(21-14-22(21)26(31)32)12-23(24)27-25(30)13-19-11-17(3)33-28-19/h9-12,16,20-22H,4-8,13-15H2,1-3H3,(H,27,30)(H,31,32)/t21-,22-/m1/s1. The van der Waals surface area contributed by atoms with Gasteiger partial charge in [0.25, 0.3) is 0 Å². The van der Waals surface area contributed by atoms with Crippen LogP contribution in [0, 0.1) is 18.8 Å². The largest absolute Gasteiger partial charge is 0.481 e. The smallest absolute Gasteiger partial charge is 0.307 e. The molecule has 33 heavy (non-hydrogen) atoms. The van der Waals surface area contributed by atoms with E-state index in [1.54, 1.807) is 13.0 Å². The number of carboxylic acids is 1. The Balaban J connectivity index is 1.63. The van der Waals surface area contributed by atoms with Gasteiger partial charge in [-0.1, -0.05) is 44.3 Å². The Morgan fingerprint density at radius 2 is 1.97 bits per heavy atom. The van der Waals surface area contributed by atoms with Crippen LogP contribution in [0.25, 0.3) is 0 Å². The van der Waals surface area contributed by atoms with E-state index < -0.39 is 5.97 Å². The molecule has 1 amide bonds. The molecular formula is C26H35N3O4. The fourth-order valence-electron chi connectivity index (χ4n) is 5.06. The topological polar surface area (TPSA) is 95.7 Å². The number of amides is 1. The Hall–Kier alpha value is -2.83. The molecule has 0 spiro atoms. The molecule has 2 aromatic rings. The highest BCUT2D eigenvalue weighted by molar-refractivity contribution is 5.95. The zero-order valence-electron chi connectivity index (χ0n) is 19.8. The van der Waals surface area contributed by atoms with Crippen LogP contribution in [0.3, 0.4) is 0 Å². The molecule has 0 unspecified atom stereocenters. The molecular weight excluding hydrogens is 418 g/mol. The van der Waals surface area contributed by atoms with Crippen molar-refractivity contribution in [2.24, 2.45) is 11.8 Å². The Morgan fingerprint density at radius 1 is 1.21 bits per heavy atom. The number of carbonyl (C=O) groups excluding carboxylic acids is 1. The normalized spacial score (nSPS) is 20.6. The number of aromatic nitrogens is 1. The van der Waals surface area contributed by atoms with Crippen molar-refractivity contribution in [3.63, 3.8) is 0 Å². The Bertz CT molecular complexity index is 993. The minimum absolute atomic E-state index is 0.0126. The van der Waals surface area contributed by atoms with Gasteiger partial charge < -0.3 is 19.8 Å². The van der Waals surface area contributed by atoms with Crippen LogP contribution in [0.1, 0.15) is 75.3 Å². The summed E-state index contributed by atoms with van der Waals surface area (Å²) in [7, 11) is 0. The van der Waals surface area contributed by atoms with Gasteiger partial charge in [-0.05, 0) is 55.7 Å². The molecule has 2 saturated carbocycles. The highest BCUT2D eigenvalue weighted by Crippen LogP contribution is 2.49. The van der Waals surface area contributed by atoms with E-state index in [1.165, 1.54) is 19.3 Å². The van der Waals surface area contributed by atoms with Crippen molar-refractivity contribution in [3.8, 4) is 0 Å². The lowest BCUT2D eigenvalue weighted by molar-refractivity contribution is -0.138. The highest BCUT2D eigenvalue weighted by atomic mass is 16.5. The molecule has 4 rings (SSSR count). The van der Waals surface area contributed by atoms with Crippen LogP contribution >= 0.6 is 0 Å². The van der Waals surface area contributed by atoms with Crippen LogP contribution in [-0.4, -0.2) is 34.7 Å². The monoisotopic (exact) mass is 453 g/mol. The zero-order chi connectivity index (χ0) is 23.5. The predicted octanol–water partition coefficient (Wildman–Crippen LogP) is 5.15. The summed E-state index contributed by atoms with van der Waals surface area (Å²) in [5.74, 6) is -0.0659. The zero-order valence-corrected chi connectivity index (χ0v) is 19.8. The predicted molar refractivity (Wildman–Crippen MR) is 128 cm³/mol. The maximum Gasteiger partial charge on any atom is 0.307 e. The number of nitrogens with zero attached hydrogens (tertiary/aromatic N) is 2. The lowest BCUT2D eigenvalue weighted by Crippen LogP contribution is -2.40. The molecule has 1 aromatic carbocycles. The minimum atomic E-state index is -0.750. The number of aryl methyl sites for hydroxylation is 1. The third-order valence-corrected chi connectivity index (χ3v) is 6.74. The molecule has 2 atom stereocenters. The second kappa shape index (κ2) is 9.98. The molecule has 7 nitrogen and oxygen atoms in total. The molecule has 0 aliphatic heterocycles. The van der Waals surface area contributed by atoms with E-state index in [-0.39, 0.29) is 24.2 Å². The van der Waals surface area contributed by atoms with Gasteiger partial charge in [0.2, 0.25) is 5.91 Å². The third-order valence-electron chi connectivity index (χ3n) is 6.74. The maximum absolute atomic E-state index is 12.9. The summed E-state index contributed by atoms with van der Waals surface area (Å²) in [5.41, 5.74) is 3.37. The summed E-state index contributed by atoms with van der Waals surface area (Å²) in [4.78, 5) is 26.8. The number of rotatable bonds is 9. The van der Waals surface area contributed by atoms with E-state index in [4.69, 9.17) is 4.52 Å². The van der Waals surface area contributed by atoms with Crippen molar-refractivity contribution in [2.75, 3.05) is 16.8 Å². The summed E-state index contributed by atoms with van der Waals surface area (Å²) in [6.07, 6.45) is 6.84. The molecule has 2 fully saturated rings. The van der Waals surface area contributed by atoms with Gasteiger partial charge >= 0.3 is 5.97 Å². The molecule has 2 N–H and O–H groups in total. The first-order chi connectivity index (χ1) is 15.8. The second-order valence-electron chi connectivity index (χ2n) is 10.1. The summed E-state index contributed by atoms with van der Waals surface area (Å²) >= 11 is 0. The molecule has 2 aliphatic carbocycles. The summed E-state index contributed by atoms with van der Waals surface area (Å²) in [6.45, 7) is 7.16. The highest BCUT2D eigenvalue weighted by Gasteiger charge is 2.44. The SMILES string of the molecule is Cc1cc(CC(=O)Nc2cc([C@H]3C[C@H]3C(=O)O)ccc2N(CC(C)C)C2CCCCC2)no1. The molecule has 178 valence electrons. The van der Waals surface area contributed by atoms with Crippen molar-refractivity contribution >= 4 is 23.3 Å². The van der Waals surface area contributed by atoms with Gasteiger partial charge in [0.1, 0.15) is 5.76 Å². The van der Waals surface area contributed by atoms with Gasteiger partial charge in [-0.2, -0.15) is 0 Å². The molecule has 0 bridgehead atoms. The number of carbonyl (C=O) groups is 2. The first-order valence-corrected chi connectivity index (χ1v) is 12.2. The number of hydrogen-bond donors (Lipinski definition) is 2. The van der Waals surface area contributed by atoms with E-state index in [9.17, 15) is 14.7 Å². The molecule has 2 aliphatic rings. The van der Waals surface area contributed by atoms with Gasteiger partial charge in [0.05, 0.1) is 29.4 Å². The first kappa shape index (κ1) is 23.3. The minimum Gasteiger partial charge on any atom is -0.481 e. The third kappa shape index (κ3) is 5.75. The van der Waals surface area contributed by atoms with Crippen molar-refractivity contribution in [1.29, 1.82) is 0 Å². The van der Waals surface area contributed by atoms with E-state index in [1.807, 2.05) is 6.07 Å². The van der Waals surface area contributed by atoms with Crippen LogP contribution < -0.4 is 10.2 Å². The number of benzene rings is 1. The van der Waals surface area contributed by atoms with Gasteiger partial charge in [-0.25, -0.2) is 0 Å². The molecule has 0 radical (unpaired) electrons. The average Bonchev–Trinajstić information content (AvgIpc) is 3.49. The van der Waals surface area contributed by atoms with Crippen LogP contribution in [-0.2, 0) is 16.0 Å². The molecule has 7 heteroatoms. The quantitative estimate of drug-likeness (QED) is 0.545. The number of carboxylic acid groups (broad SMARTS) is 1. The molecule has 1 aromatic heterocycles. The molecule has 1 heterocycles. The average molecular weight is 454 g/mol. The van der Waals surface area contributed by atoms with Crippen molar-refractivity contribution in [2.45, 2.75) is 77.7 Å². The number of aliphatic carboxylic acids is 1. The van der Waals surface area contributed by atoms with Gasteiger partial charge in [0.15, 0.2) is 0 Å². The lowest BCUT2D eigenvalue weighted by atomic mass is 9.92. The van der Waals surface area contributed by atoms with Crippen molar-refractivity contribution in [3.05, 3.63) is 41.3 Å². The number of nitrogens with one attached hydrogen (secondary N) is 1. The van der Waals surface area contributed by atoms with Crippen molar-refractivity contribution < 1.29 is 19.2 Å². The van der Waals surface area contributed by atoms with E-state index in [0.29, 0.717) is 29.8 Å². The number of hydrogen-bond acceptors (Lipinski definition) is 5. The van der Waals surface area contributed by atoms with E-state index in [2.05, 4.69) is 41.4 Å². The summed E-state index contributed by atoms with van der Waals surface area (Å²) in [5, 5.41) is 16.4.